The molecule has 2 aromatic carbocycles. The number of aromatic nitrogens is 1. The summed E-state index contributed by atoms with van der Waals surface area (Å²) in [4.78, 5) is 43.6. The molecular formula is C29H23ClN2O6S. The van der Waals surface area contributed by atoms with Gasteiger partial charge in [0.1, 0.15) is 11.5 Å². The van der Waals surface area contributed by atoms with Gasteiger partial charge in [-0.1, -0.05) is 47.2 Å². The number of carbonyl (C=O) groups excluding carboxylic acids is 2. The summed E-state index contributed by atoms with van der Waals surface area (Å²) in [6, 6.07) is 16.6. The van der Waals surface area contributed by atoms with Gasteiger partial charge in [0.05, 0.1) is 41.1 Å². The van der Waals surface area contributed by atoms with Gasteiger partial charge in [-0.05, 0) is 55.8 Å². The van der Waals surface area contributed by atoms with Crippen molar-refractivity contribution in [2.45, 2.75) is 19.9 Å². The van der Waals surface area contributed by atoms with Gasteiger partial charge in [-0.3, -0.25) is 9.36 Å². The van der Waals surface area contributed by atoms with Crippen LogP contribution in [0.1, 0.15) is 41.6 Å². The minimum atomic E-state index is -0.729. The molecule has 0 aliphatic carbocycles. The zero-order valence-corrected chi connectivity index (χ0v) is 22.8. The number of esters is 2. The molecule has 198 valence electrons. The highest BCUT2D eigenvalue weighted by atomic mass is 35.5. The Bertz CT molecular complexity index is 1800. The molecule has 0 spiro atoms. The van der Waals surface area contributed by atoms with Crippen LogP contribution in [0.3, 0.4) is 0 Å². The van der Waals surface area contributed by atoms with Crippen molar-refractivity contribution in [2.24, 2.45) is 4.99 Å². The van der Waals surface area contributed by atoms with Crippen LogP contribution < -0.4 is 14.9 Å². The molecule has 8 nitrogen and oxygen atoms in total. The van der Waals surface area contributed by atoms with Gasteiger partial charge in [-0.2, -0.15) is 0 Å². The normalized spacial score (nSPS) is 15.1. The maximum Gasteiger partial charge on any atom is 0.338 e. The smallest absolute Gasteiger partial charge is 0.338 e. The number of fused-ring (bicyclic) bond motifs is 1. The zero-order valence-electron chi connectivity index (χ0n) is 21.3. The summed E-state index contributed by atoms with van der Waals surface area (Å²) in [5.41, 5.74) is 2.25. The van der Waals surface area contributed by atoms with Crippen LogP contribution in [-0.2, 0) is 14.3 Å². The van der Waals surface area contributed by atoms with Crippen LogP contribution in [0.15, 0.2) is 86.1 Å². The molecule has 10 heteroatoms. The Balaban J connectivity index is 1.60. The van der Waals surface area contributed by atoms with Gasteiger partial charge in [-0.25, -0.2) is 14.6 Å². The molecular weight excluding hydrogens is 540 g/mol. The largest absolute Gasteiger partial charge is 0.465 e. The Morgan fingerprint density at radius 2 is 1.90 bits per heavy atom. The van der Waals surface area contributed by atoms with Gasteiger partial charge in [-0.15, -0.1) is 0 Å². The first-order chi connectivity index (χ1) is 18.8. The topological polar surface area (TPSA) is 100 Å². The van der Waals surface area contributed by atoms with E-state index in [1.165, 1.54) is 23.0 Å². The number of hydrogen-bond acceptors (Lipinski definition) is 8. The number of hydrogen-bond donors (Lipinski definition) is 0. The van der Waals surface area contributed by atoms with E-state index in [0.717, 1.165) is 0 Å². The number of thiazole rings is 1. The minimum Gasteiger partial charge on any atom is -0.465 e. The number of furan rings is 1. The standard InChI is InChI=1S/C29H23ClN2O6S/c1-4-37-28(35)24-16(2)31-29-32(25(24)17-8-10-20(30)11-9-17)26(33)23(39-29)15-21-12-13-22(38-21)18-6-5-7-19(14-18)27(34)36-3/h5-15,25H,4H2,1-3H3/b23-15-. The fourth-order valence-corrected chi connectivity index (χ4v) is 5.54. The third-order valence-electron chi connectivity index (χ3n) is 6.17. The lowest BCUT2D eigenvalue weighted by atomic mass is 9.96. The molecule has 1 aliphatic heterocycles. The van der Waals surface area contributed by atoms with Gasteiger partial charge in [0.15, 0.2) is 4.80 Å². The Hall–Kier alpha value is -4.21. The number of benzene rings is 2. The quantitative estimate of drug-likeness (QED) is 0.321. The number of ether oxygens (including phenoxy) is 2. The molecule has 0 saturated carbocycles. The summed E-state index contributed by atoms with van der Waals surface area (Å²) >= 11 is 7.30. The molecule has 0 N–H and O–H groups in total. The van der Waals surface area contributed by atoms with Crippen LogP contribution in [-0.4, -0.2) is 30.2 Å². The highest BCUT2D eigenvalue weighted by molar-refractivity contribution is 7.07. The Morgan fingerprint density at radius 3 is 2.62 bits per heavy atom. The molecule has 2 aromatic heterocycles. The van der Waals surface area contributed by atoms with Crippen molar-refractivity contribution < 1.29 is 23.5 Å². The predicted molar refractivity (Wildman–Crippen MR) is 147 cm³/mol. The van der Waals surface area contributed by atoms with Crippen LogP contribution in [0.4, 0.5) is 0 Å². The molecule has 0 saturated heterocycles. The molecule has 4 aromatic rings. The number of methoxy groups -OCH3 is 1. The van der Waals surface area contributed by atoms with E-state index in [1.54, 1.807) is 74.5 Å². The van der Waals surface area contributed by atoms with Gasteiger partial charge < -0.3 is 13.9 Å². The van der Waals surface area contributed by atoms with Crippen LogP contribution >= 0.6 is 22.9 Å². The Morgan fingerprint density at radius 1 is 1.13 bits per heavy atom. The van der Waals surface area contributed by atoms with Crippen molar-refractivity contribution in [1.29, 1.82) is 0 Å². The number of nitrogens with zero attached hydrogens (tertiary/aromatic N) is 2. The highest BCUT2D eigenvalue weighted by Crippen LogP contribution is 2.31. The van der Waals surface area contributed by atoms with Crippen LogP contribution in [0, 0.1) is 0 Å². The number of halogens is 1. The van der Waals surface area contributed by atoms with Gasteiger partial charge in [0.25, 0.3) is 5.56 Å². The lowest BCUT2D eigenvalue weighted by molar-refractivity contribution is -0.139. The average molecular weight is 563 g/mol. The van der Waals surface area contributed by atoms with E-state index < -0.39 is 18.0 Å². The van der Waals surface area contributed by atoms with E-state index >= 15 is 0 Å². The lowest BCUT2D eigenvalue weighted by Crippen LogP contribution is -2.39. The summed E-state index contributed by atoms with van der Waals surface area (Å²) in [6.45, 7) is 3.65. The molecule has 1 unspecified atom stereocenters. The molecule has 0 fully saturated rings. The molecule has 3 heterocycles. The fraction of sp³-hybridized carbons (Fsp3) is 0.172. The number of rotatable bonds is 6. The first-order valence-electron chi connectivity index (χ1n) is 12.0. The van der Waals surface area contributed by atoms with E-state index in [9.17, 15) is 14.4 Å². The van der Waals surface area contributed by atoms with E-state index in [-0.39, 0.29) is 12.2 Å². The number of carbonyl (C=O) groups is 2. The second kappa shape index (κ2) is 10.9. The van der Waals surface area contributed by atoms with Gasteiger partial charge >= 0.3 is 11.9 Å². The summed E-state index contributed by atoms with van der Waals surface area (Å²) < 4.78 is 18.0. The zero-order chi connectivity index (χ0) is 27.7. The monoisotopic (exact) mass is 562 g/mol. The molecule has 1 aliphatic rings. The SMILES string of the molecule is CCOC(=O)C1=C(C)N=c2s/c(=C\c3ccc(-c4cccc(C(=O)OC)c4)o3)c(=O)n2C1c1ccc(Cl)cc1. The Kier molecular flexibility index (Phi) is 7.36. The van der Waals surface area contributed by atoms with Crippen LogP contribution in [0.25, 0.3) is 17.4 Å². The summed E-state index contributed by atoms with van der Waals surface area (Å²) in [7, 11) is 1.32. The van der Waals surface area contributed by atoms with E-state index in [2.05, 4.69) is 4.99 Å². The number of allylic oxidation sites excluding steroid dienone is 1. The van der Waals surface area contributed by atoms with Gasteiger partial charge in [0, 0.05) is 16.7 Å². The summed E-state index contributed by atoms with van der Waals surface area (Å²) in [5.74, 6) is -0.00216. The first-order valence-corrected chi connectivity index (χ1v) is 13.2. The lowest BCUT2D eigenvalue weighted by Gasteiger charge is -2.24. The maximum atomic E-state index is 13.7. The second-order valence-electron chi connectivity index (χ2n) is 8.63. The Labute approximate surface area is 232 Å². The summed E-state index contributed by atoms with van der Waals surface area (Å²) in [6.07, 6.45) is 1.64. The van der Waals surface area contributed by atoms with Crippen molar-refractivity contribution in [3.8, 4) is 11.3 Å². The fourth-order valence-electron chi connectivity index (χ4n) is 4.38. The molecule has 1 atom stereocenters. The molecule has 0 bridgehead atoms. The third kappa shape index (κ3) is 5.10. The predicted octanol–water partition coefficient (Wildman–Crippen LogP) is 4.50. The van der Waals surface area contributed by atoms with Crippen LogP contribution in [0.5, 0.6) is 0 Å². The molecule has 0 amide bonds. The van der Waals surface area contributed by atoms with Crippen molar-refractivity contribution >= 4 is 41.0 Å². The maximum absolute atomic E-state index is 13.7. The van der Waals surface area contributed by atoms with Crippen molar-refractivity contribution in [3.63, 3.8) is 0 Å². The van der Waals surface area contributed by atoms with E-state index in [0.29, 0.717) is 53.8 Å². The summed E-state index contributed by atoms with van der Waals surface area (Å²) in [5, 5.41) is 0.537. The van der Waals surface area contributed by atoms with E-state index in [1.807, 2.05) is 6.07 Å². The van der Waals surface area contributed by atoms with Crippen molar-refractivity contribution in [3.05, 3.63) is 114 Å². The molecule has 39 heavy (non-hydrogen) atoms. The molecule has 0 radical (unpaired) electrons. The first kappa shape index (κ1) is 26.4. The minimum absolute atomic E-state index is 0.191. The highest BCUT2D eigenvalue weighted by Gasteiger charge is 2.33. The van der Waals surface area contributed by atoms with Crippen LogP contribution in [0.2, 0.25) is 5.02 Å². The third-order valence-corrected chi connectivity index (χ3v) is 7.41. The van der Waals surface area contributed by atoms with Crippen molar-refractivity contribution in [2.75, 3.05) is 13.7 Å². The van der Waals surface area contributed by atoms with E-state index in [4.69, 9.17) is 25.5 Å². The average Bonchev–Trinajstić information content (AvgIpc) is 3.52. The van der Waals surface area contributed by atoms with Crippen molar-refractivity contribution in [1.82, 2.24) is 4.57 Å². The molecule has 5 rings (SSSR count). The van der Waals surface area contributed by atoms with Gasteiger partial charge in [0.2, 0.25) is 0 Å². The second-order valence-corrected chi connectivity index (χ2v) is 10.1.